The Balaban J connectivity index is 1.77. The summed E-state index contributed by atoms with van der Waals surface area (Å²) in [5.41, 5.74) is 2.60. The molecule has 1 atom stereocenters. The van der Waals surface area contributed by atoms with E-state index in [9.17, 15) is 9.59 Å². The SMILES string of the molecule is CNC(=O)Cc1cc(-c2nc3c(n2C(C)C)C(c2ccc(Cl)cc2)N(c2cccc(Cl)c2F)C3=O)c(OC)cn1. The fourth-order valence-electron chi connectivity index (χ4n) is 4.98. The number of nitrogens with one attached hydrogen (secondary N) is 1. The highest BCUT2D eigenvalue weighted by Crippen LogP contribution is 2.46. The van der Waals surface area contributed by atoms with Gasteiger partial charge in [-0.2, -0.15) is 0 Å². The van der Waals surface area contributed by atoms with Gasteiger partial charge in [0.2, 0.25) is 5.91 Å². The number of hydrogen-bond donors (Lipinski definition) is 1. The number of carbonyl (C=O) groups excluding carboxylic acids is 2. The van der Waals surface area contributed by atoms with Crippen LogP contribution in [0.15, 0.2) is 54.7 Å². The van der Waals surface area contributed by atoms with Crippen molar-refractivity contribution in [2.24, 2.45) is 0 Å². The quantitative estimate of drug-likeness (QED) is 0.288. The van der Waals surface area contributed by atoms with Gasteiger partial charge in [0.1, 0.15) is 17.6 Å². The first-order valence-electron chi connectivity index (χ1n) is 12.5. The average molecular weight is 582 g/mol. The van der Waals surface area contributed by atoms with Gasteiger partial charge in [0.25, 0.3) is 5.91 Å². The molecule has 5 rings (SSSR count). The van der Waals surface area contributed by atoms with Gasteiger partial charge in [0, 0.05) is 18.1 Å². The lowest BCUT2D eigenvalue weighted by molar-refractivity contribution is -0.120. The minimum atomic E-state index is -0.727. The number of rotatable bonds is 7. The van der Waals surface area contributed by atoms with E-state index in [1.54, 1.807) is 43.4 Å². The first-order chi connectivity index (χ1) is 19.2. The van der Waals surface area contributed by atoms with Crippen LogP contribution in [0.2, 0.25) is 10.0 Å². The van der Waals surface area contributed by atoms with E-state index in [1.807, 2.05) is 18.4 Å². The fraction of sp³-hybridized carbons (Fsp3) is 0.241. The Morgan fingerprint density at radius 2 is 1.90 bits per heavy atom. The van der Waals surface area contributed by atoms with Gasteiger partial charge in [-0.1, -0.05) is 41.4 Å². The van der Waals surface area contributed by atoms with Crippen LogP contribution in [0.3, 0.4) is 0 Å². The van der Waals surface area contributed by atoms with Gasteiger partial charge in [0.15, 0.2) is 11.5 Å². The summed E-state index contributed by atoms with van der Waals surface area (Å²) in [5, 5.41) is 3.02. The second kappa shape index (κ2) is 10.9. The van der Waals surface area contributed by atoms with Gasteiger partial charge in [-0.15, -0.1) is 0 Å². The van der Waals surface area contributed by atoms with Crippen molar-refractivity contribution in [1.29, 1.82) is 0 Å². The van der Waals surface area contributed by atoms with Crippen molar-refractivity contribution in [1.82, 2.24) is 19.9 Å². The van der Waals surface area contributed by atoms with E-state index in [0.717, 1.165) is 0 Å². The molecule has 0 saturated heterocycles. The largest absolute Gasteiger partial charge is 0.494 e. The number of carbonyl (C=O) groups is 2. The van der Waals surface area contributed by atoms with Crippen molar-refractivity contribution in [3.8, 4) is 17.1 Å². The molecule has 0 bridgehead atoms. The summed E-state index contributed by atoms with van der Waals surface area (Å²) in [7, 11) is 3.07. The van der Waals surface area contributed by atoms with Crippen LogP contribution in [0.5, 0.6) is 5.75 Å². The molecule has 2 amide bonds. The number of hydrogen-bond acceptors (Lipinski definition) is 5. The Morgan fingerprint density at radius 1 is 1.18 bits per heavy atom. The highest BCUT2D eigenvalue weighted by molar-refractivity contribution is 6.31. The minimum absolute atomic E-state index is 0.0432. The number of nitrogens with zero attached hydrogens (tertiary/aromatic N) is 4. The van der Waals surface area contributed by atoms with Crippen molar-refractivity contribution in [2.75, 3.05) is 19.1 Å². The molecular formula is C29H26Cl2FN5O3. The molecule has 40 heavy (non-hydrogen) atoms. The first-order valence-corrected chi connectivity index (χ1v) is 13.3. The molecule has 0 spiro atoms. The summed E-state index contributed by atoms with van der Waals surface area (Å²) in [6.45, 7) is 3.94. The van der Waals surface area contributed by atoms with Crippen LogP contribution in [-0.4, -0.2) is 40.5 Å². The number of fused-ring (bicyclic) bond motifs is 1. The molecule has 3 heterocycles. The smallest absolute Gasteiger partial charge is 0.279 e. The summed E-state index contributed by atoms with van der Waals surface area (Å²) in [6, 6.07) is 12.4. The maximum Gasteiger partial charge on any atom is 0.279 e. The lowest BCUT2D eigenvalue weighted by Gasteiger charge is -2.29. The zero-order valence-electron chi connectivity index (χ0n) is 22.2. The van der Waals surface area contributed by atoms with Crippen molar-refractivity contribution >= 4 is 40.7 Å². The van der Waals surface area contributed by atoms with Gasteiger partial charge in [0.05, 0.1) is 47.4 Å². The number of amides is 2. The van der Waals surface area contributed by atoms with Crippen molar-refractivity contribution < 1.29 is 18.7 Å². The number of ether oxygens (including phenoxy) is 1. The highest BCUT2D eigenvalue weighted by Gasteiger charge is 2.45. The van der Waals surface area contributed by atoms with E-state index in [4.69, 9.17) is 32.9 Å². The van der Waals surface area contributed by atoms with Gasteiger partial charge < -0.3 is 14.6 Å². The van der Waals surface area contributed by atoms with Crippen LogP contribution >= 0.6 is 23.2 Å². The standard InChI is InChI=1S/C29H26Cl2FN5O3/c1-15(2)36-27-25(35-28(36)19-12-18(13-23(38)33-3)34-14-22(19)40-4)29(39)37(21-7-5-6-20(31)24(21)32)26(27)16-8-10-17(30)11-9-16/h5-12,14-15,26H,13H2,1-4H3,(H,33,38). The van der Waals surface area contributed by atoms with Crippen LogP contribution in [-0.2, 0) is 11.2 Å². The average Bonchev–Trinajstić information content (AvgIpc) is 3.46. The number of pyridine rings is 1. The predicted octanol–water partition coefficient (Wildman–Crippen LogP) is 6.02. The fourth-order valence-corrected chi connectivity index (χ4v) is 5.28. The molecule has 0 radical (unpaired) electrons. The second-order valence-electron chi connectivity index (χ2n) is 9.56. The van der Waals surface area contributed by atoms with Crippen LogP contribution in [0, 0.1) is 5.82 Å². The summed E-state index contributed by atoms with van der Waals surface area (Å²) in [4.78, 5) is 36.7. The minimum Gasteiger partial charge on any atom is -0.494 e. The first kappa shape index (κ1) is 27.6. The normalized spacial score (nSPS) is 14.6. The summed E-state index contributed by atoms with van der Waals surface area (Å²) in [5.74, 6) is -0.478. The van der Waals surface area contributed by atoms with Gasteiger partial charge in [-0.25, -0.2) is 9.37 Å². The molecule has 4 aromatic rings. The number of likely N-dealkylation sites (N-methyl/N-ethyl adjacent to an activating group) is 1. The van der Waals surface area contributed by atoms with E-state index in [0.29, 0.717) is 39.1 Å². The molecule has 0 aliphatic carbocycles. The third-order valence-electron chi connectivity index (χ3n) is 6.78. The molecule has 11 heteroatoms. The van der Waals surface area contributed by atoms with Crippen LogP contribution < -0.4 is 15.0 Å². The molecule has 206 valence electrons. The zero-order valence-corrected chi connectivity index (χ0v) is 23.7. The van der Waals surface area contributed by atoms with Crippen molar-refractivity contribution in [2.45, 2.75) is 32.4 Å². The molecular weight excluding hydrogens is 556 g/mol. The molecule has 0 fully saturated rings. The van der Waals surface area contributed by atoms with E-state index in [2.05, 4.69) is 10.3 Å². The van der Waals surface area contributed by atoms with E-state index < -0.39 is 17.8 Å². The zero-order chi connectivity index (χ0) is 28.7. The molecule has 1 aliphatic heterocycles. The predicted molar refractivity (Wildman–Crippen MR) is 152 cm³/mol. The molecule has 2 aromatic carbocycles. The Kier molecular flexibility index (Phi) is 7.53. The lowest BCUT2D eigenvalue weighted by Crippen LogP contribution is -2.31. The van der Waals surface area contributed by atoms with Gasteiger partial charge >= 0.3 is 0 Å². The van der Waals surface area contributed by atoms with Crippen LogP contribution in [0.1, 0.15) is 53.4 Å². The molecule has 8 nitrogen and oxygen atoms in total. The second-order valence-corrected chi connectivity index (χ2v) is 10.4. The molecule has 2 aromatic heterocycles. The summed E-state index contributed by atoms with van der Waals surface area (Å²) in [6.07, 6.45) is 1.59. The summed E-state index contributed by atoms with van der Waals surface area (Å²) >= 11 is 12.3. The monoisotopic (exact) mass is 581 g/mol. The topological polar surface area (TPSA) is 89.4 Å². The molecule has 1 aliphatic rings. The Hall–Kier alpha value is -3.95. The maximum atomic E-state index is 15.4. The Labute approximate surface area is 240 Å². The maximum absolute atomic E-state index is 15.4. The number of halogens is 3. The molecule has 1 unspecified atom stereocenters. The molecule has 1 N–H and O–H groups in total. The highest BCUT2D eigenvalue weighted by atomic mass is 35.5. The van der Waals surface area contributed by atoms with E-state index in [1.165, 1.54) is 30.3 Å². The third kappa shape index (κ3) is 4.69. The number of methoxy groups -OCH3 is 1. The number of anilines is 1. The van der Waals surface area contributed by atoms with Crippen LogP contribution in [0.4, 0.5) is 10.1 Å². The van der Waals surface area contributed by atoms with E-state index in [-0.39, 0.29) is 34.8 Å². The summed E-state index contributed by atoms with van der Waals surface area (Å²) < 4.78 is 22.9. The third-order valence-corrected chi connectivity index (χ3v) is 7.33. The number of benzene rings is 2. The number of imidazole rings is 1. The lowest BCUT2D eigenvalue weighted by atomic mass is 10.0. The van der Waals surface area contributed by atoms with Gasteiger partial charge in [-0.3, -0.25) is 19.5 Å². The Bertz CT molecular complexity index is 1620. The molecule has 0 saturated carbocycles. The van der Waals surface area contributed by atoms with Gasteiger partial charge in [-0.05, 0) is 49.7 Å². The van der Waals surface area contributed by atoms with E-state index >= 15 is 4.39 Å². The number of aromatic nitrogens is 3. The van der Waals surface area contributed by atoms with Crippen molar-refractivity contribution in [3.63, 3.8) is 0 Å². The Morgan fingerprint density at radius 3 is 2.55 bits per heavy atom. The van der Waals surface area contributed by atoms with Crippen LogP contribution in [0.25, 0.3) is 11.4 Å². The van der Waals surface area contributed by atoms with Crippen molar-refractivity contribution in [3.05, 3.63) is 93.2 Å².